The summed E-state index contributed by atoms with van der Waals surface area (Å²) in [6, 6.07) is 7.81. The molecule has 0 fully saturated rings. The molecule has 1 unspecified atom stereocenters. The average Bonchev–Trinajstić information content (AvgIpc) is 2.32. The highest BCUT2D eigenvalue weighted by Gasteiger charge is 2.27. The van der Waals surface area contributed by atoms with Crippen LogP contribution in [0, 0.1) is 12.3 Å². The molecule has 1 atom stereocenters. The van der Waals surface area contributed by atoms with Gasteiger partial charge < -0.3 is 15.7 Å². The first-order valence-corrected chi connectivity index (χ1v) is 6.56. The SMILES string of the molecule is Cc1cccc(C(NC(=O)NCCO)C(C)(C)C)c1. The second kappa shape index (κ2) is 6.57. The van der Waals surface area contributed by atoms with Crippen molar-refractivity contribution in [2.45, 2.75) is 33.7 Å². The molecule has 1 rings (SSSR count). The third-order valence-corrected chi connectivity index (χ3v) is 2.91. The Morgan fingerprint density at radius 1 is 1.37 bits per heavy atom. The highest BCUT2D eigenvalue weighted by Crippen LogP contribution is 2.32. The third-order valence-electron chi connectivity index (χ3n) is 2.91. The fourth-order valence-electron chi connectivity index (χ4n) is 2.00. The van der Waals surface area contributed by atoms with Gasteiger partial charge in [-0.3, -0.25) is 0 Å². The van der Waals surface area contributed by atoms with Crippen LogP contribution in [-0.4, -0.2) is 24.3 Å². The van der Waals surface area contributed by atoms with Gasteiger partial charge in [0.25, 0.3) is 0 Å². The summed E-state index contributed by atoms with van der Waals surface area (Å²) in [5.74, 6) is 0. The minimum absolute atomic E-state index is 0.0575. The van der Waals surface area contributed by atoms with E-state index in [0.29, 0.717) is 0 Å². The molecule has 19 heavy (non-hydrogen) atoms. The van der Waals surface area contributed by atoms with Gasteiger partial charge in [-0.1, -0.05) is 50.6 Å². The van der Waals surface area contributed by atoms with Crippen molar-refractivity contribution in [3.05, 3.63) is 35.4 Å². The first-order valence-electron chi connectivity index (χ1n) is 6.56. The Morgan fingerprint density at radius 3 is 2.58 bits per heavy atom. The number of nitrogens with one attached hydrogen (secondary N) is 2. The summed E-state index contributed by atoms with van der Waals surface area (Å²) in [4.78, 5) is 11.8. The van der Waals surface area contributed by atoms with Gasteiger partial charge in [-0.25, -0.2) is 4.79 Å². The van der Waals surface area contributed by atoms with Gasteiger partial charge in [-0.15, -0.1) is 0 Å². The summed E-state index contributed by atoms with van der Waals surface area (Å²) in [5, 5.41) is 14.3. The van der Waals surface area contributed by atoms with Crippen molar-refractivity contribution < 1.29 is 9.90 Å². The normalized spacial score (nSPS) is 12.9. The minimum Gasteiger partial charge on any atom is -0.395 e. The van der Waals surface area contributed by atoms with E-state index in [-0.39, 0.29) is 30.6 Å². The van der Waals surface area contributed by atoms with Crippen LogP contribution in [0.4, 0.5) is 4.79 Å². The molecule has 0 bridgehead atoms. The van der Waals surface area contributed by atoms with Crippen LogP contribution in [0.15, 0.2) is 24.3 Å². The zero-order valence-electron chi connectivity index (χ0n) is 12.2. The van der Waals surface area contributed by atoms with Crippen LogP contribution in [-0.2, 0) is 0 Å². The number of hydrogen-bond acceptors (Lipinski definition) is 2. The number of rotatable bonds is 4. The van der Waals surface area contributed by atoms with Crippen molar-refractivity contribution >= 4 is 6.03 Å². The maximum absolute atomic E-state index is 11.8. The molecule has 0 saturated carbocycles. The van der Waals surface area contributed by atoms with Crippen molar-refractivity contribution in [3.8, 4) is 0 Å². The standard InChI is InChI=1S/C15H24N2O2/c1-11-6-5-7-12(10-11)13(15(2,3)4)17-14(19)16-8-9-18/h5-7,10,13,18H,8-9H2,1-4H3,(H2,16,17,19). The van der Waals surface area contributed by atoms with Gasteiger partial charge in [0.1, 0.15) is 0 Å². The molecule has 1 aromatic rings. The molecule has 0 aliphatic heterocycles. The summed E-state index contributed by atoms with van der Waals surface area (Å²) >= 11 is 0. The van der Waals surface area contributed by atoms with E-state index >= 15 is 0 Å². The summed E-state index contributed by atoms with van der Waals surface area (Å²) in [5.41, 5.74) is 2.17. The van der Waals surface area contributed by atoms with Crippen LogP contribution in [0.3, 0.4) is 0 Å². The lowest BCUT2D eigenvalue weighted by atomic mass is 9.82. The molecule has 4 heteroatoms. The van der Waals surface area contributed by atoms with E-state index in [1.54, 1.807) is 0 Å². The molecule has 0 radical (unpaired) electrons. The second-order valence-corrected chi connectivity index (χ2v) is 5.84. The fraction of sp³-hybridized carbons (Fsp3) is 0.533. The lowest BCUT2D eigenvalue weighted by Crippen LogP contribution is -2.43. The zero-order chi connectivity index (χ0) is 14.5. The molecule has 0 aliphatic rings. The summed E-state index contributed by atoms with van der Waals surface area (Å²) in [6.45, 7) is 8.51. The zero-order valence-corrected chi connectivity index (χ0v) is 12.2. The van der Waals surface area contributed by atoms with Crippen molar-refractivity contribution in [3.63, 3.8) is 0 Å². The molecule has 3 N–H and O–H groups in total. The third kappa shape index (κ3) is 4.91. The summed E-state index contributed by atoms with van der Waals surface area (Å²) in [6.07, 6.45) is 0. The largest absolute Gasteiger partial charge is 0.395 e. The number of hydrogen-bond donors (Lipinski definition) is 3. The Bertz CT molecular complexity index is 424. The van der Waals surface area contributed by atoms with Gasteiger partial charge in [0.2, 0.25) is 0 Å². The van der Waals surface area contributed by atoms with Crippen molar-refractivity contribution in [1.29, 1.82) is 0 Å². The number of amides is 2. The number of aliphatic hydroxyl groups is 1. The maximum atomic E-state index is 11.8. The Balaban J connectivity index is 2.88. The second-order valence-electron chi connectivity index (χ2n) is 5.84. The van der Waals surface area contributed by atoms with Crippen molar-refractivity contribution in [1.82, 2.24) is 10.6 Å². The molecular formula is C15H24N2O2. The number of aryl methyl sites for hydroxylation is 1. The van der Waals surface area contributed by atoms with Crippen molar-refractivity contribution in [2.24, 2.45) is 5.41 Å². The van der Waals surface area contributed by atoms with Gasteiger partial charge in [-0.2, -0.15) is 0 Å². The molecule has 0 aromatic heterocycles. The number of carbonyl (C=O) groups is 1. The summed E-state index contributed by atoms with van der Waals surface area (Å²) < 4.78 is 0. The molecular weight excluding hydrogens is 240 g/mol. The molecule has 0 aliphatic carbocycles. The fourth-order valence-corrected chi connectivity index (χ4v) is 2.00. The minimum atomic E-state index is -0.254. The Labute approximate surface area is 115 Å². The van der Waals surface area contributed by atoms with Crippen LogP contribution < -0.4 is 10.6 Å². The first-order chi connectivity index (χ1) is 8.84. The Kier molecular flexibility index (Phi) is 5.36. The van der Waals surface area contributed by atoms with E-state index in [1.165, 1.54) is 5.56 Å². The molecule has 0 saturated heterocycles. The van der Waals surface area contributed by atoms with Gasteiger partial charge >= 0.3 is 6.03 Å². The predicted molar refractivity (Wildman–Crippen MR) is 77.0 cm³/mol. The number of urea groups is 1. The van der Waals surface area contributed by atoms with Crippen molar-refractivity contribution in [2.75, 3.05) is 13.2 Å². The number of benzene rings is 1. The van der Waals surface area contributed by atoms with Crippen LogP contribution in [0.1, 0.15) is 37.9 Å². The van der Waals surface area contributed by atoms with E-state index < -0.39 is 0 Å². The van der Waals surface area contributed by atoms with E-state index in [2.05, 4.69) is 37.5 Å². The molecule has 106 valence electrons. The molecule has 0 spiro atoms. The number of carbonyl (C=O) groups excluding carboxylic acids is 1. The highest BCUT2D eigenvalue weighted by molar-refractivity contribution is 5.74. The first kappa shape index (κ1) is 15.5. The summed E-state index contributed by atoms with van der Waals surface area (Å²) in [7, 11) is 0. The topological polar surface area (TPSA) is 61.4 Å². The molecule has 4 nitrogen and oxygen atoms in total. The Morgan fingerprint density at radius 2 is 2.05 bits per heavy atom. The average molecular weight is 264 g/mol. The Hall–Kier alpha value is -1.55. The molecule has 1 aromatic carbocycles. The lowest BCUT2D eigenvalue weighted by Gasteiger charge is -2.32. The van der Waals surface area contributed by atoms with Crippen LogP contribution >= 0.6 is 0 Å². The van der Waals surface area contributed by atoms with Gasteiger partial charge in [0.15, 0.2) is 0 Å². The molecule has 0 heterocycles. The smallest absolute Gasteiger partial charge is 0.315 e. The van der Waals surface area contributed by atoms with Gasteiger partial charge in [0, 0.05) is 6.54 Å². The predicted octanol–water partition coefficient (Wildman–Crippen LogP) is 2.37. The van der Waals surface area contributed by atoms with E-state index in [4.69, 9.17) is 5.11 Å². The highest BCUT2D eigenvalue weighted by atomic mass is 16.3. The van der Waals surface area contributed by atoms with Crippen LogP contribution in [0.5, 0.6) is 0 Å². The van der Waals surface area contributed by atoms with Gasteiger partial charge in [0.05, 0.1) is 12.6 Å². The lowest BCUT2D eigenvalue weighted by molar-refractivity contribution is 0.214. The maximum Gasteiger partial charge on any atom is 0.315 e. The number of aliphatic hydroxyl groups excluding tert-OH is 1. The quantitative estimate of drug-likeness (QED) is 0.782. The monoisotopic (exact) mass is 264 g/mol. The van der Waals surface area contributed by atoms with Gasteiger partial charge in [-0.05, 0) is 17.9 Å². The van der Waals surface area contributed by atoms with E-state index in [0.717, 1.165) is 5.56 Å². The van der Waals surface area contributed by atoms with Crippen LogP contribution in [0.2, 0.25) is 0 Å². The van der Waals surface area contributed by atoms with E-state index in [9.17, 15) is 4.79 Å². The van der Waals surface area contributed by atoms with E-state index in [1.807, 2.05) is 25.1 Å². The molecule has 2 amide bonds. The van der Waals surface area contributed by atoms with Crippen LogP contribution in [0.25, 0.3) is 0 Å².